The third kappa shape index (κ3) is 5.59. The number of benzene rings is 2. The molecule has 7 nitrogen and oxygen atoms in total. The summed E-state index contributed by atoms with van der Waals surface area (Å²) in [7, 11) is -0.903. The number of hydrogen-bond donors (Lipinski definition) is 2. The van der Waals surface area contributed by atoms with Gasteiger partial charge in [0.05, 0.1) is 19.1 Å². The largest absolute Gasteiger partial charge is 0.493 e. The minimum absolute atomic E-state index is 0.0193. The first-order valence-corrected chi connectivity index (χ1v) is 9.90. The second-order valence-electron chi connectivity index (χ2n) is 5.68. The summed E-state index contributed by atoms with van der Waals surface area (Å²) in [5.74, 6) is 0.395. The summed E-state index contributed by atoms with van der Waals surface area (Å²) in [6.45, 7) is 1.80. The Morgan fingerprint density at radius 1 is 1.07 bits per heavy atom. The topological polar surface area (TPSA) is 93.7 Å². The Kier molecular flexibility index (Phi) is 7.06. The van der Waals surface area contributed by atoms with Crippen LogP contribution in [0.4, 0.5) is 5.69 Å². The maximum absolute atomic E-state index is 12.4. The normalized spacial score (nSPS) is 11.1. The summed E-state index contributed by atoms with van der Waals surface area (Å²) in [5, 5.41) is 3.22. The van der Waals surface area contributed by atoms with Crippen molar-refractivity contribution in [2.24, 2.45) is 0 Å². The summed E-state index contributed by atoms with van der Waals surface area (Å²) in [6.07, 6.45) is -0.0297. The zero-order valence-corrected chi connectivity index (χ0v) is 16.8. The Balaban J connectivity index is 1.95. The molecule has 0 saturated heterocycles. The van der Waals surface area contributed by atoms with Gasteiger partial charge in [-0.2, -0.15) is 0 Å². The van der Waals surface area contributed by atoms with Crippen LogP contribution in [0.25, 0.3) is 0 Å². The number of hydrogen-bond acceptors (Lipinski definition) is 5. The Bertz CT molecular complexity index is 931. The molecule has 0 fully saturated rings. The van der Waals surface area contributed by atoms with Crippen LogP contribution in [0.1, 0.15) is 12.0 Å². The van der Waals surface area contributed by atoms with Gasteiger partial charge in [-0.1, -0.05) is 17.7 Å². The Labute approximate surface area is 163 Å². The molecule has 0 radical (unpaired) electrons. The molecule has 27 heavy (non-hydrogen) atoms. The number of carbonyl (C=O) groups is 1. The predicted octanol–water partition coefficient (Wildman–Crippen LogP) is 2.97. The first-order chi connectivity index (χ1) is 12.8. The highest BCUT2D eigenvalue weighted by atomic mass is 35.5. The average molecular weight is 413 g/mol. The molecule has 0 saturated carbocycles. The van der Waals surface area contributed by atoms with Gasteiger partial charge in [0.15, 0.2) is 11.5 Å². The molecule has 0 aromatic heterocycles. The van der Waals surface area contributed by atoms with Gasteiger partial charge in [-0.3, -0.25) is 4.79 Å². The third-order valence-corrected chi connectivity index (χ3v) is 5.63. The van der Waals surface area contributed by atoms with E-state index in [0.29, 0.717) is 22.2 Å². The van der Waals surface area contributed by atoms with Gasteiger partial charge >= 0.3 is 0 Å². The SMILES string of the molecule is COc1ccc(S(=O)(=O)NCCC(=O)Nc2ccc(C)c(Cl)c2)cc1OC. The Morgan fingerprint density at radius 3 is 2.41 bits per heavy atom. The van der Waals surface area contributed by atoms with E-state index in [0.717, 1.165) is 5.56 Å². The van der Waals surface area contributed by atoms with Gasteiger partial charge in [0.1, 0.15) is 0 Å². The van der Waals surface area contributed by atoms with Crippen molar-refractivity contribution in [3.05, 3.63) is 47.0 Å². The summed E-state index contributed by atoms with van der Waals surface area (Å²) in [5.41, 5.74) is 1.45. The summed E-state index contributed by atoms with van der Waals surface area (Å²) in [4.78, 5) is 12.0. The summed E-state index contributed by atoms with van der Waals surface area (Å²) < 4.78 is 37.3. The van der Waals surface area contributed by atoms with Crippen LogP contribution in [-0.4, -0.2) is 35.1 Å². The number of rotatable bonds is 8. The lowest BCUT2D eigenvalue weighted by Gasteiger charge is -2.11. The van der Waals surface area contributed by atoms with Crippen LogP contribution >= 0.6 is 11.6 Å². The van der Waals surface area contributed by atoms with Crippen molar-refractivity contribution < 1.29 is 22.7 Å². The molecular weight excluding hydrogens is 392 g/mol. The van der Waals surface area contributed by atoms with Gasteiger partial charge in [0.25, 0.3) is 0 Å². The molecule has 2 aromatic carbocycles. The number of methoxy groups -OCH3 is 2. The summed E-state index contributed by atoms with van der Waals surface area (Å²) in [6, 6.07) is 9.42. The molecule has 2 aromatic rings. The van der Waals surface area contributed by atoms with Crippen LogP contribution in [0.15, 0.2) is 41.3 Å². The van der Waals surface area contributed by atoms with E-state index in [1.165, 1.54) is 32.4 Å². The lowest BCUT2D eigenvalue weighted by Crippen LogP contribution is -2.27. The number of anilines is 1. The van der Waals surface area contributed by atoms with Crippen molar-refractivity contribution in [2.45, 2.75) is 18.2 Å². The number of ether oxygens (including phenoxy) is 2. The second kappa shape index (κ2) is 9.07. The molecule has 0 bridgehead atoms. The van der Waals surface area contributed by atoms with Gasteiger partial charge in [0.2, 0.25) is 15.9 Å². The number of amides is 1. The fraction of sp³-hybridized carbons (Fsp3) is 0.278. The highest BCUT2D eigenvalue weighted by Crippen LogP contribution is 2.29. The fourth-order valence-electron chi connectivity index (χ4n) is 2.26. The van der Waals surface area contributed by atoms with Gasteiger partial charge in [-0.15, -0.1) is 0 Å². The number of aryl methyl sites for hydroxylation is 1. The van der Waals surface area contributed by atoms with E-state index in [4.69, 9.17) is 21.1 Å². The maximum Gasteiger partial charge on any atom is 0.240 e. The molecular formula is C18H21ClN2O5S. The maximum atomic E-state index is 12.4. The Morgan fingerprint density at radius 2 is 1.78 bits per heavy atom. The molecule has 0 aliphatic rings. The lowest BCUT2D eigenvalue weighted by molar-refractivity contribution is -0.116. The molecule has 1 amide bonds. The molecule has 0 atom stereocenters. The van der Waals surface area contributed by atoms with Crippen molar-refractivity contribution >= 4 is 33.2 Å². The van der Waals surface area contributed by atoms with E-state index in [-0.39, 0.29) is 23.8 Å². The van der Waals surface area contributed by atoms with Crippen LogP contribution in [0, 0.1) is 6.92 Å². The predicted molar refractivity (Wildman–Crippen MR) is 104 cm³/mol. The second-order valence-corrected chi connectivity index (χ2v) is 7.85. The van der Waals surface area contributed by atoms with Gasteiger partial charge < -0.3 is 14.8 Å². The standard InChI is InChI=1S/C18H21ClN2O5S/c1-12-4-5-13(10-15(12)19)21-18(22)8-9-20-27(23,24)14-6-7-16(25-2)17(11-14)26-3/h4-7,10-11,20H,8-9H2,1-3H3,(H,21,22). The highest BCUT2D eigenvalue weighted by molar-refractivity contribution is 7.89. The zero-order valence-electron chi connectivity index (χ0n) is 15.2. The number of carbonyl (C=O) groups excluding carboxylic acids is 1. The van der Waals surface area contributed by atoms with E-state index in [1.807, 2.05) is 6.92 Å². The molecule has 0 aliphatic heterocycles. The van der Waals surface area contributed by atoms with Gasteiger partial charge in [0, 0.05) is 29.7 Å². The Hall–Kier alpha value is -2.29. The van der Waals surface area contributed by atoms with E-state index in [1.54, 1.807) is 18.2 Å². The van der Waals surface area contributed by atoms with Gasteiger partial charge in [-0.25, -0.2) is 13.1 Å². The van der Waals surface area contributed by atoms with E-state index < -0.39 is 10.0 Å². The molecule has 0 heterocycles. The average Bonchev–Trinajstić information content (AvgIpc) is 2.64. The number of halogens is 1. The van der Waals surface area contributed by atoms with Crippen LogP contribution in [0.5, 0.6) is 11.5 Å². The fourth-order valence-corrected chi connectivity index (χ4v) is 3.49. The molecule has 2 N–H and O–H groups in total. The zero-order chi connectivity index (χ0) is 20.0. The molecule has 0 unspecified atom stereocenters. The van der Waals surface area contributed by atoms with Crippen molar-refractivity contribution in [3.63, 3.8) is 0 Å². The number of nitrogens with one attached hydrogen (secondary N) is 2. The smallest absolute Gasteiger partial charge is 0.240 e. The quantitative estimate of drug-likeness (QED) is 0.695. The van der Waals surface area contributed by atoms with Crippen molar-refractivity contribution in [1.82, 2.24) is 4.72 Å². The van der Waals surface area contributed by atoms with E-state index in [2.05, 4.69) is 10.0 Å². The van der Waals surface area contributed by atoms with Crippen molar-refractivity contribution in [2.75, 3.05) is 26.1 Å². The van der Waals surface area contributed by atoms with E-state index in [9.17, 15) is 13.2 Å². The van der Waals surface area contributed by atoms with Crippen LogP contribution in [0.3, 0.4) is 0 Å². The minimum Gasteiger partial charge on any atom is -0.493 e. The number of sulfonamides is 1. The van der Waals surface area contributed by atoms with Crippen LogP contribution in [0.2, 0.25) is 5.02 Å². The molecule has 0 aliphatic carbocycles. The monoisotopic (exact) mass is 412 g/mol. The van der Waals surface area contributed by atoms with E-state index >= 15 is 0 Å². The molecule has 0 spiro atoms. The van der Waals surface area contributed by atoms with Gasteiger partial charge in [-0.05, 0) is 36.8 Å². The molecule has 2 rings (SSSR count). The highest BCUT2D eigenvalue weighted by Gasteiger charge is 2.17. The lowest BCUT2D eigenvalue weighted by atomic mass is 10.2. The molecule has 9 heteroatoms. The third-order valence-electron chi connectivity index (χ3n) is 3.77. The first kappa shape index (κ1) is 21.0. The van der Waals surface area contributed by atoms with Crippen molar-refractivity contribution in [3.8, 4) is 11.5 Å². The van der Waals surface area contributed by atoms with Crippen LogP contribution in [-0.2, 0) is 14.8 Å². The summed E-state index contributed by atoms with van der Waals surface area (Å²) >= 11 is 6.01. The molecule has 146 valence electrons. The minimum atomic E-state index is -3.79. The first-order valence-electron chi connectivity index (χ1n) is 8.04. The van der Waals surface area contributed by atoms with Crippen molar-refractivity contribution in [1.29, 1.82) is 0 Å². The van der Waals surface area contributed by atoms with Crippen LogP contribution < -0.4 is 19.5 Å².